The number of halogens is 3. The number of phenols is 1. The van der Waals surface area contributed by atoms with Gasteiger partial charge in [0.15, 0.2) is 0 Å². The molecule has 27 heavy (non-hydrogen) atoms. The number of aromatic hydroxyl groups is 1. The molecule has 5 nitrogen and oxygen atoms in total. The summed E-state index contributed by atoms with van der Waals surface area (Å²) in [6.45, 7) is 0.911. The van der Waals surface area contributed by atoms with Crippen LogP contribution in [0.2, 0.25) is 5.02 Å². The molecular formula is C18H12ClF2NO4S. The highest BCUT2D eigenvalue weighted by atomic mass is 35.5. The third-order valence-corrected chi connectivity index (χ3v) is 5.68. The lowest BCUT2D eigenvalue weighted by Crippen LogP contribution is -2.28. The number of hydrogen-bond acceptors (Lipinski definition) is 4. The van der Waals surface area contributed by atoms with Crippen LogP contribution >= 0.6 is 22.9 Å². The van der Waals surface area contributed by atoms with Crippen LogP contribution in [0.1, 0.15) is 22.8 Å². The van der Waals surface area contributed by atoms with Crippen molar-refractivity contribution in [3.05, 3.63) is 58.1 Å². The van der Waals surface area contributed by atoms with E-state index >= 15 is 0 Å². The number of amides is 1. The van der Waals surface area contributed by atoms with Crippen molar-refractivity contribution >= 4 is 49.9 Å². The van der Waals surface area contributed by atoms with Gasteiger partial charge in [0.2, 0.25) is 5.91 Å². The molecule has 0 atom stereocenters. The lowest BCUT2D eigenvalue weighted by atomic mass is 10.1. The molecule has 0 saturated heterocycles. The second-order valence-corrected chi connectivity index (χ2v) is 7.08. The highest BCUT2D eigenvalue weighted by Crippen LogP contribution is 2.45. The van der Waals surface area contributed by atoms with Crippen LogP contribution in [0.3, 0.4) is 0 Å². The lowest BCUT2D eigenvalue weighted by molar-refractivity contribution is -0.116. The van der Waals surface area contributed by atoms with Crippen molar-refractivity contribution in [2.24, 2.45) is 0 Å². The number of aromatic carboxylic acids is 1. The predicted molar refractivity (Wildman–Crippen MR) is 98.7 cm³/mol. The maximum Gasteiger partial charge on any atom is 0.339 e. The van der Waals surface area contributed by atoms with Crippen LogP contribution in [0.25, 0.3) is 10.1 Å². The van der Waals surface area contributed by atoms with Gasteiger partial charge >= 0.3 is 5.97 Å². The molecule has 0 aliphatic heterocycles. The minimum Gasteiger partial charge on any atom is -0.506 e. The molecule has 0 bridgehead atoms. The minimum atomic E-state index is -1.30. The van der Waals surface area contributed by atoms with E-state index in [1.807, 2.05) is 0 Å². The van der Waals surface area contributed by atoms with Crippen molar-refractivity contribution in [2.75, 3.05) is 4.90 Å². The van der Waals surface area contributed by atoms with Gasteiger partial charge in [-0.15, -0.1) is 11.3 Å². The number of benzene rings is 2. The second kappa shape index (κ2) is 7.13. The Morgan fingerprint density at radius 1 is 1.22 bits per heavy atom. The molecule has 1 amide bonds. The first-order valence-electron chi connectivity index (χ1n) is 7.60. The van der Waals surface area contributed by atoms with Crippen molar-refractivity contribution in [1.82, 2.24) is 0 Å². The zero-order valence-electron chi connectivity index (χ0n) is 13.8. The number of carbonyl (C=O) groups excluding carboxylic acids is 1. The van der Waals surface area contributed by atoms with Gasteiger partial charge in [-0.3, -0.25) is 9.69 Å². The normalized spacial score (nSPS) is 11.0. The van der Waals surface area contributed by atoms with E-state index in [0.717, 1.165) is 22.3 Å². The zero-order chi connectivity index (χ0) is 19.9. The fourth-order valence-electron chi connectivity index (χ4n) is 2.65. The number of nitrogens with zero attached hydrogens (tertiary/aromatic N) is 1. The number of carbonyl (C=O) groups is 2. The molecule has 0 unspecified atom stereocenters. The Balaban J connectivity index is 2.19. The number of carboxylic acid groups (broad SMARTS) is 1. The molecule has 0 saturated carbocycles. The van der Waals surface area contributed by atoms with E-state index in [1.165, 1.54) is 25.1 Å². The van der Waals surface area contributed by atoms with Crippen LogP contribution in [0.4, 0.5) is 13.8 Å². The number of phenolic OH excluding ortho intramolecular Hbond substituents is 1. The number of hydrogen-bond donors (Lipinski definition) is 2. The lowest BCUT2D eigenvalue weighted by Gasteiger charge is -2.20. The molecule has 9 heteroatoms. The van der Waals surface area contributed by atoms with Crippen LogP contribution in [-0.4, -0.2) is 22.1 Å². The van der Waals surface area contributed by atoms with Crippen LogP contribution in [0, 0.1) is 11.6 Å². The Hall–Kier alpha value is -2.71. The van der Waals surface area contributed by atoms with Gasteiger partial charge in [-0.05, 0) is 18.2 Å². The Bertz CT molecular complexity index is 1080. The van der Waals surface area contributed by atoms with Gasteiger partial charge < -0.3 is 10.2 Å². The molecule has 2 aromatic carbocycles. The monoisotopic (exact) mass is 411 g/mol. The summed E-state index contributed by atoms with van der Waals surface area (Å²) >= 11 is 6.96. The Morgan fingerprint density at radius 2 is 1.93 bits per heavy atom. The van der Waals surface area contributed by atoms with Crippen LogP contribution < -0.4 is 4.90 Å². The first-order valence-corrected chi connectivity index (χ1v) is 8.79. The van der Waals surface area contributed by atoms with E-state index in [9.17, 15) is 28.6 Å². The van der Waals surface area contributed by atoms with Crippen LogP contribution in [0.15, 0.2) is 30.3 Å². The number of fused-ring (bicyclic) bond motifs is 1. The second-order valence-electron chi connectivity index (χ2n) is 5.70. The topological polar surface area (TPSA) is 77.8 Å². The Morgan fingerprint density at radius 3 is 2.52 bits per heavy atom. The number of carboxylic acids is 1. The van der Waals surface area contributed by atoms with E-state index < -0.39 is 23.5 Å². The molecule has 0 aliphatic rings. The van der Waals surface area contributed by atoms with Crippen molar-refractivity contribution < 1.29 is 28.6 Å². The van der Waals surface area contributed by atoms with Gasteiger partial charge in [0.25, 0.3) is 0 Å². The standard InChI is InChI=1S/C18H12ClF2NO4S/c1-8(23)22(7-9-2-3-10(20)6-12(9)21)17-14(18(25)26)11-4-5-13(24)15(19)16(11)27-17/h2-6,24H,7H2,1H3,(H,25,26). The van der Waals surface area contributed by atoms with E-state index in [0.29, 0.717) is 6.07 Å². The summed E-state index contributed by atoms with van der Waals surface area (Å²) in [6, 6.07) is 5.57. The van der Waals surface area contributed by atoms with Crippen molar-refractivity contribution in [3.63, 3.8) is 0 Å². The van der Waals surface area contributed by atoms with Gasteiger partial charge in [-0.1, -0.05) is 17.7 Å². The van der Waals surface area contributed by atoms with Crippen molar-refractivity contribution in [1.29, 1.82) is 0 Å². The quantitative estimate of drug-likeness (QED) is 0.647. The van der Waals surface area contributed by atoms with Crippen LogP contribution in [-0.2, 0) is 11.3 Å². The first-order chi connectivity index (χ1) is 12.7. The highest BCUT2D eigenvalue weighted by molar-refractivity contribution is 7.24. The molecule has 3 aromatic rings. The summed E-state index contributed by atoms with van der Waals surface area (Å²) in [5, 5.41) is 19.7. The molecular weight excluding hydrogens is 400 g/mol. The van der Waals surface area contributed by atoms with Crippen molar-refractivity contribution in [2.45, 2.75) is 13.5 Å². The number of thiophene rings is 1. The summed E-state index contributed by atoms with van der Waals surface area (Å²) in [5.41, 5.74) is -0.163. The van der Waals surface area contributed by atoms with Gasteiger partial charge in [-0.2, -0.15) is 0 Å². The maximum absolute atomic E-state index is 14.0. The van der Waals surface area contributed by atoms with Crippen molar-refractivity contribution in [3.8, 4) is 5.75 Å². The first kappa shape index (κ1) is 19.1. The highest BCUT2D eigenvalue weighted by Gasteiger charge is 2.27. The van der Waals surface area contributed by atoms with Gasteiger partial charge in [0, 0.05) is 23.9 Å². The molecule has 0 radical (unpaired) electrons. The molecule has 0 aliphatic carbocycles. The van der Waals surface area contributed by atoms with E-state index in [4.69, 9.17) is 11.6 Å². The fraction of sp³-hybridized carbons (Fsp3) is 0.111. The molecule has 1 heterocycles. The SMILES string of the molecule is CC(=O)N(Cc1ccc(F)cc1F)c1sc2c(Cl)c(O)ccc2c1C(=O)O. The average molecular weight is 412 g/mol. The number of anilines is 1. The Kier molecular flexibility index (Phi) is 5.03. The van der Waals surface area contributed by atoms with Gasteiger partial charge in [0.05, 0.1) is 11.2 Å². The Labute approximate surface area is 161 Å². The van der Waals surface area contributed by atoms with E-state index in [1.54, 1.807) is 0 Å². The zero-order valence-corrected chi connectivity index (χ0v) is 15.4. The predicted octanol–water partition coefficient (Wildman–Crippen LogP) is 4.79. The summed E-state index contributed by atoms with van der Waals surface area (Å²) in [7, 11) is 0. The molecule has 2 N–H and O–H groups in total. The summed E-state index contributed by atoms with van der Waals surface area (Å²) in [4.78, 5) is 25.1. The van der Waals surface area contributed by atoms with Crippen LogP contribution in [0.5, 0.6) is 5.75 Å². The third-order valence-electron chi connectivity index (χ3n) is 3.94. The third kappa shape index (κ3) is 3.45. The molecule has 1 aromatic heterocycles. The molecule has 140 valence electrons. The molecule has 0 spiro atoms. The summed E-state index contributed by atoms with van der Waals surface area (Å²) in [5.74, 6) is -3.68. The van der Waals surface area contributed by atoms with E-state index in [2.05, 4.69) is 0 Å². The minimum absolute atomic E-state index is 0.0225. The largest absolute Gasteiger partial charge is 0.506 e. The molecule has 0 fully saturated rings. The average Bonchev–Trinajstić information content (AvgIpc) is 2.97. The molecule has 3 rings (SSSR count). The fourth-order valence-corrected chi connectivity index (χ4v) is 4.20. The van der Waals surface area contributed by atoms with Gasteiger partial charge in [-0.25, -0.2) is 13.6 Å². The summed E-state index contributed by atoms with van der Waals surface area (Å²) < 4.78 is 27.4. The van der Waals surface area contributed by atoms with Gasteiger partial charge in [0.1, 0.15) is 33.0 Å². The van der Waals surface area contributed by atoms with E-state index in [-0.39, 0.29) is 43.5 Å². The smallest absolute Gasteiger partial charge is 0.339 e. The maximum atomic E-state index is 14.0. The number of rotatable bonds is 4. The summed E-state index contributed by atoms with van der Waals surface area (Å²) in [6.07, 6.45) is 0.